The molecule has 0 saturated heterocycles. The third-order valence-corrected chi connectivity index (χ3v) is 0.836. The molecule has 3 heteroatoms. The second-order valence-corrected chi connectivity index (χ2v) is 1.52. The first-order chi connectivity index (χ1) is 4.31. The molecule has 0 rings (SSSR count). The molecule has 0 aliphatic carbocycles. The molecule has 1 radical (unpaired) electrons. The lowest BCUT2D eigenvalue weighted by Gasteiger charge is -1.92. The van der Waals surface area contributed by atoms with Crippen LogP contribution in [0.3, 0.4) is 0 Å². The van der Waals surface area contributed by atoms with Gasteiger partial charge >= 0.3 is 5.97 Å². The van der Waals surface area contributed by atoms with Crippen LogP contribution in [0, 0.1) is 11.8 Å². The van der Waals surface area contributed by atoms with Crippen molar-refractivity contribution in [2.45, 2.75) is 6.92 Å². The van der Waals surface area contributed by atoms with E-state index >= 15 is 0 Å². The van der Waals surface area contributed by atoms with E-state index in [9.17, 15) is 4.79 Å². The number of carbonyl (C=O) groups excluding carboxylic acids is 1. The molecule has 49 valence electrons. The monoisotopic (exact) mass is 143 g/mol. The summed E-state index contributed by atoms with van der Waals surface area (Å²) in [5.41, 5.74) is 0. The van der Waals surface area contributed by atoms with Crippen LogP contribution in [-0.2, 0) is 9.53 Å². The van der Waals surface area contributed by atoms with E-state index in [0.717, 1.165) is 0 Å². The number of carbonyl (C=O) groups is 1. The largest absolute Gasteiger partial charge is 0.452 e. The van der Waals surface area contributed by atoms with E-state index in [2.05, 4.69) is 29.2 Å². The van der Waals surface area contributed by atoms with Crippen molar-refractivity contribution >= 4 is 18.6 Å². The maximum absolute atomic E-state index is 10.3. The Morgan fingerprint density at radius 2 is 2.44 bits per heavy atom. The van der Waals surface area contributed by atoms with Crippen molar-refractivity contribution in [3.05, 3.63) is 0 Å². The fourth-order valence-corrected chi connectivity index (χ4v) is 0.314. The van der Waals surface area contributed by atoms with Crippen LogP contribution in [0.5, 0.6) is 0 Å². The average molecular weight is 143 g/mol. The van der Waals surface area contributed by atoms with Crippen LogP contribution >= 0.6 is 12.6 Å². The van der Waals surface area contributed by atoms with Gasteiger partial charge in [0.15, 0.2) is 6.61 Å². The Bertz CT molecular complexity index is 143. The number of hydrogen-bond donors (Lipinski definition) is 0. The smallest absolute Gasteiger partial charge is 0.317 e. The maximum Gasteiger partial charge on any atom is 0.317 e. The maximum atomic E-state index is 10.3. The van der Waals surface area contributed by atoms with Gasteiger partial charge in [0.25, 0.3) is 0 Å². The summed E-state index contributed by atoms with van der Waals surface area (Å²) >= 11 is 4.40. The second kappa shape index (κ2) is 5.52. The zero-order chi connectivity index (χ0) is 7.11. The lowest BCUT2D eigenvalue weighted by Crippen LogP contribution is -2.05. The zero-order valence-electron chi connectivity index (χ0n) is 5.14. The van der Waals surface area contributed by atoms with Gasteiger partial charge in [-0.05, 0) is 6.92 Å². The van der Waals surface area contributed by atoms with Crippen LogP contribution < -0.4 is 0 Å². The Balaban J connectivity index is 3.24. The van der Waals surface area contributed by atoms with Crippen molar-refractivity contribution in [2.24, 2.45) is 0 Å². The minimum absolute atomic E-state index is 0.00535. The van der Waals surface area contributed by atoms with Crippen LogP contribution in [-0.4, -0.2) is 18.3 Å². The van der Waals surface area contributed by atoms with Gasteiger partial charge in [0.2, 0.25) is 0 Å². The molecule has 0 bridgehead atoms. The summed E-state index contributed by atoms with van der Waals surface area (Å²) in [6.07, 6.45) is 0. The topological polar surface area (TPSA) is 26.3 Å². The first kappa shape index (κ1) is 8.38. The summed E-state index contributed by atoms with van der Waals surface area (Å²) in [7, 11) is 0. The van der Waals surface area contributed by atoms with E-state index in [-0.39, 0.29) is 18.3 Å². The molecule has 0 aromatic rings. The molecule has 0 saturated carbocycles. The summed E-state index contributed by atoms with van der Waals surface area (Å²) in [5, 5.41) is 0. The summed E-state index contributed by atoms with van der Waals surface area (Å²) in [6, 6.07) is 0. The third-order valence-electron chi connectivity index (χ3n) is 0.600. The SMILES string of the molecule is CC#CCOC(=O)C[S]. The van der Waals surface area contributed by atoms with Crippen molar-refractivity contribution in [2.75, 3.05) is 12.4 Å². The molecule has 0 aliphatic rings. The van der Waals surface area contributed by atoms with Gasteiger partial charge in [-0.25, -0.2) is 0 Å². The summed E-state index contributed by atoms with van der Waals surface area (Å²) in [6.45, 7) is 1.84. The molecule has 0 aromatic carbocycles. The molecule has 0 atom stereocenters. The summed E-state index contributed by atoms with van der Waals surface area (Å²) in [4.78, 5) is 10.3. The van der Waals surface area contributed by atoms with Gasteiger partial charge in [0, 0.05) is 0 Å². The van der Waals surface area contributed by atoms with Crippen LogP contribution in [0.4, 0.5) is 0 Å². The fraction of sp³-hybridized carbons (Fsp3) is 0.500. The van der Waals surface area contributed by atoms with Crippen LogP contribution in [0.25, 0.3) is 0 Å². The molecule has 0 heterocycles. The quantitative estimate of drug-likeness (QED) is 0.421. The molecule has 0 spiro atoms. The Kier molecular flexibility index (Phi) is 5.14. The minimum Gasteiger partial charge on any atom is -0.452 e. The minimum atomic E-state index is -0.382. The van der Waals surface area contributed by atoms with E-state index in [4.69, 9.17) is 0 Å². The van der Waals surface area contributed by atoms with Gasteiger partial charge in [0.1, 0.15) is 5.75 Å². The highest BCUT2D eigenvalue weighted by atomic mass is 32.1. The van der Waals surface area contributed by atoms with Gasteiger partial charge in [-0.15, -0.1) is 5.92 Å². The molecule has 0 N–H and O–H groups in total. The van der Waals surface area contributed by atoms with Gasteiger partial charge in [-0.2, -0.15) is 0 Å². The molecule has 0 unspecified atom stereocenters. The van der Waals surface area contributed by atoms with Gasteiger partial charge in [0.05, 0.1) is 0 Å². The summed E-state index contributed by atoms with van der Waals surface area (Å²) in [5.74, 6) is 4.78. The molecular formula is C6H7O2S. The number of rotatable bonds is 2. The highest BCUT2D eigenvalue weighted by molar-refractivity contribution is 7.81. The van der Waals surface area contributed by atoms with Crippen molar-refractivity contribution < 1.29 is 9.53 Å². The van der Waals surface area contributed by atoms with Crippen LogP contribution in [0.2, 0.25) is 0 Å². The standard InChI is InChI=1S/C6H7O2S/c1-2-3-4-8-6(7)5-9/h4-5H2,1H3. The molecule has 0 amide bonds. The molecular weight excluding hydrogens is 136 g/mol. The van der Waals surface area contributed by atoms with E-state index < -0.39 is 0 Å². The predicted molar refractivity (Wildman–Crippen MR) is 36.9 cm³/mol. The van der Waals surface area contributed by atoms with Crippen molar-refractivity contribution in [3.8, 4) is 11.8 Å². The van der Waals surface area contributed by atoms with E-state index in [1.807, 2.05) is 0 Å². The first-order valence-electron chi connectivity index (χ1n) is 2.44. The van der Waals surface area contributed by atoms with E-state index in [0.29, 0.717) is 0 Å². The van der Waals surface area contributed by atoms with Crippen molar-refractivity contribution in [1.82, 2.24) is 0 Å². The van der Waals surface area contributed by atoms with E-state index in [1.54, 1.807) is 6.92 Å². The first-order valence-corrected chi connectivity index (χ1v) is 3.02. The zero-order valence-corrected chi connectivity index (χ0v) is 5.96. The molecule has 2 nitrogen and oxygen atoms in total. The normalized spacial score (nSPS) is 7.33. The lowest BCUT2D eigenvalue weighted by molar-refractivity contribution is -0.138. The number of hydrogen-bond acceptors (Lipinski definition) is 2. The van der Waals surface area contributed by atoms with Crippen LogP contribution in [0.1, 0.15) is 6.92 Å². The Morgan fingerprint density at radius 1 is 1.78 bits per heavy atom. The van der Waals surface area contributed by atoms with Crippen molar-refractivity contribution in [3.63, 3.8) is 0 Å². The molecule has 0 aliphatic heterocycles. The highest BCUT2D eigenvalue weighted by Gasteiger charge is 1.94. The molecule has 0 aromatic heterocycles. The Morgan fingerprint density at radius 3 is 2.89 bits per heavy atom. The highest BCUT2D eigenvalue weighted by Crippen LogP contribution is 1.79. The summed E-state index contributed by atoms with van der Waals surface area (Å²) < 4.78 is 4.51. The fourth-order valence-electron chi connectivity index (χ4n) is 0.230. The van der Waals surface area contributed by atoms with Gasteiger partial charge in [-0.1, -0.05) is 18.5 Å². The molecule has 0 fully saturated rings. The third kappa shape index (κ3) is 5.25. The van der Waals surface area contributed by atoms with Gasteiger partial charge in [-0.3, -0.25) is 4.79 Å². The van der Waals surface area contributed by atoms with Crippen LogP contribution in [0.15, 0.2) is 0 Å². The number of ether oxygens (including phenoxy) is 1. The average Bonchev–Trinajstić information content (AvgIpc) is 1.89. The molecule has 9 heavy (non-hydrogen) atoms. The van der Waals surface area contributed by atoms with E-state index in [1.165, 1.54) is 0 Å². The Hall–Kier alpha value is -0.620. The van der Waals surface area contributed by atoms with Gasteiger partial charge < -0.3 is 4.74 Å². The van der Waals surface area contributed by atoms with Crippen molar-refractivity contribution in [1.29, 1.82) is 0 Å². The lowest BCUT2D eigenvalue weighted by atomic mass is 10.6. The number of esters is 1. The second-order valence-electron chi connectivity index (χ2n) is 1.23. The predicted octanol–water partition coefficient (Wildman–Crippen LogP) is 0.750. The Labute approximate surface area is 60.0 Å².